The zero-order chi connectivity index (χ0) is 15.4. The third-order valence-corrected chi connectivity index (χ3v) is 2.86. The number of phenolic OH excluding ortho intramolecular Hbond substituents is 1. The number of nitro groups is 1. The largest absolute Gasteiger partial charge is 0.507 e. The van der Waals surface area contributed by atoms with E-state index in [9.17, 15) is 15.2 Å². The van der Waals surface area contributed by atoms with Crippen molar-refractivity contribution in [3.8, 4) is 5.75 Å². The first-order valence-electron chi connectivity index (χ1n) is 6.17. The van der Waals surface area contributed by atoms with E-state index in [1.807, 2.05) is 13.8 Å². The quantitative estimate of drug-likeness (QED) is 0.511. The third kappa shape index (κ3) is 3.53. The van der Waals surface area contributed by atoms with Gasteiger partial charge in [-0.3, -0.25) is 15.5 Å². The van der Waals surface area contributed by atoms with Gasteiger partial charge in [0.15, 0.2) is 0 Å². The molecule has 0 bridgehead atoms. The molecule has 0 saturated carbocycles. The fourth-order valence-electron chi connectivity index (χ4n) is 1.80. The Morgan fingerprint density at radius 2 is 2.00 bits per heavy atom. The molecular weight excluding hydrogens is 272 g/mol. The first-order valence-corrected chi connectivity index (χ1v) is 6.17. The first-order chi connectivity index (χ1) is 9.97. The lowest BCUT2D eigenvalue weighted by Gasteiger charge is -2.04. The average Bonchev–Trinajstić information content (AvgIpc) is 2.45. The number of pyridine rings is 1. The number of hydrogen-bond acceptors (Lipinski definition) is 6. The summed E-state index contributed by atoms with van der Waals surface area (Å²) in [5, 5.41) is 24.2. The SMILES string of the molecule is Cc1cc(C=NNc2ccc([N+](=O)[O-])cn2)cc(C)c1O. The van der Waals surface area contributed by atoms with Crippen LogP contribution in [-0.4, -0.2) is 21.2 Å². The number of aromatic nitrogens is 1. The van der Waals surface area contributed by atoms with Gasteiger partial charge in [0.1, 0.15) is 17.8 Å². The maximum absolute atomic E-state index is 10.5. The summed E-state index contributed by atoms with van der Waals surface area (Å²) >= 11 is 0. The van der Waals surface area contributed by atoms with Crippen LogP contribution in [0.5, 0.6) is 5.75 Å². The van der Waals surface area contributed by atoms with Crippen molar-refractivity contribution in [2.45, 2.75) is 13.8 Å². The van der Waals surface area contributed by atoms with Gasteiger partial charge in [0.05, 0.1) is 11.1 Å². The molecule has 2 N–H and O–H groups in total. The Labute approximate surface area is 121 Å². The Morgan fingerprint density at radius 3 is 2.52 bits per heavy atom. The zero-order valence-electron chi connectivity index (χ0n) is 11.6. The zero-order valence-corrected chi connectivity index (χ0v) is 11.6. The molecule has 7 heteroatoms. The second kappa shape index (κ2) is 6.00. The van der Waals surface area contributed by atoms with Crippen LogP contribution in [0.3, 0.4) is 0 Å². The number of hydrogen-bond donors (Lipinski definition) is 2. The minimum absolute atomic E-state index is 0.0747. The Bertz CT molecular complexity index is 673. The van der Waals surface area contributed by atoms with Crippen LogP contribution >= 0.6 is 0 Å². The van der Waals surface area contributed by atoms with Gasteiger partial charge in [-0.2, -0.15) is 5.10 Å². The second-order valence-electron chi connectivity index (χ2n) is 4.53. The van der Waals surface area contributed by atoms with Gasteiger partial charge in [0.25, 0.3) is 5.69 Å². The third-order valence-electron chi connectivity index (χ3n) is 2.86. The van der Waals surface area contributed by atoms with E-state index in [2.05, 4.69) is 15.5 Å². The van der Waals surface area contributed by atoms with E-state index >= 15 is 0 Å². The predicted octanol–water partition coefficient (Wildman–Crippen LogP) is 2.76. The molecule has 1 aromatic carbocycles. The normalized spacial score (nSPS) is 10.8. The topological polar surface area (TPSA) is 101 Å². The molecule has 108 valence electrons. The Kier molecular flexibility index (Phi) is 4.13. The summed E-state index contributed by atoms with van der Waals surface area (Å²) in [6.07, 6.45) is 2.75. The molecular formula is C14H14N4O3. The van der Waals surface area contributed by atoms with E-state index in [4.69, 9.17) is 0 Å². The second-order valence-corrected chi connectivity index (χ2v) is 4.53. The van der Waals surface area contributed by atoms with Gasteiger partial charge in [-0.1, -0.05) is 0 Å². The first kappa shape index (κ1) is 14.4. The molecule has 21 heavy (non-hydrogen) atoms. The number of hydrazone groups is 1. The smallest absolute Gasteiger partial charge is 0.287 e. The van der Waals surface area contributed by atoms with Crippen molar-refractivity contribution in [3.63, 3.8) is 0 Å². The van der Waals surface area contributed by atoms with Crippen LogP contribution in [0.2, 0.25) is 0 Å². The molecule has 0 aliphatic rings. The van der Waals surface area contributed by atoms with Crippen molar-refractivity contribution in [1.82, 2.24) is 4.98 Å². The summed E-state index contributed by atoms with van der Waals surface area (Å²) in [4.78, 5) is 13.9. The van der Waals surface area contributed by atoms with Gasteiger partial charge in [-0.05, 0) is 48.7 Å². The van der Waals surface area contributed by atoms with Gasteiger partial charge >= 0.3 is 0 Å². The molecule has 2 rings (SSSR count). The Balaban J connectivity index is 2.07. The highest BCUT2D eigenvalue weighted by Crippen LogP contribution is 2.22. The number of anilines is 1. The molecule has 0 unspecified atom stereocenters. The van der Waals surface area contributed by atoms with Gasteiger partial charge < -0.3 is 5.11 Å². The summed E-state index contributed by atoms with van der Waals surface area (Å²) in [6.45, 7) is 3.62. The number of nitrogens with one attached hydrogen (secondary N) is 1. The Morgan fingerprint density at radius 1 is 1.33 bits per heavy atom. The highest BCUT2D eigenvalue weighted by atomic mass is 16.6. The molecule has 0 amide bonds. The van der Waals surface area contributed by atoms with Crippen LogP contribution in [0, 0.1) is 24.0 Å². The Hall–Kier alpha value is -2.96. The fourth-order valence-corrected chi connectivity index (χ4v) is 1.80. The van der Waals surface area contributed by atoms with E-state index in [0.29, 0.717) is 5.82 Å². The van der Waals surface area contributed by atoms with Crippen LogP contribution in [0.4, 0.5) is 11.5 Å². The molecule has 1 aromatic heterocycles. The highest BCUT2D eigenvalue weighted by molar-refractivity contribution is 5.81. The summed E-state index contributed by atoms with van der Waals surface area (Å²) in [5.41, 5.74) is 4.98. The molecule has 0 radical (unpaired) electrons. The van der Waals surface area contributed by atoms with Crippen molar-refractivity contribution in [3.05, 3.63) is 57.3 Å². The molecule has 0 atom stereocenters. The number of phenols is 1. The van der Waals surface area contributed by atoms with Crippen LogP contribution < -0.4 is 5.43 Å². The lowest BCUT2D eigenvalue weighted by Crippen LogP contribution is -1.95. The van der Waals surface area contributed by atoms with Crippen LogP contribution in [-0.2, 0) is 0 Å². The molecule has 0 aliphatic heterocycles. The van der Waals surface area contributed by atoms with Gasteiger partial charge in [0.2, 0.25) is 0 Å². The van der Waals surface area contributed by atoms with Crippen molar-refractivity contribution in [2.24, 2.45) is 5.10 Å². The highest BCUT2D eigenvalue weighted by Gasteiger charge is 2.04. The van der Waals surface area contributed by atoms with E-state index in [1.165, 1.54) is 12.1 Å². The maximum atomic E-state index is 10.5. The van der Waals surface area contributed by atoms with E-state index in [-0.39, 0.29) is 11.4 Å². The summed E-state index contributed by atoms with van der Waals surface area (Å²) in [5.74, 6) is 0.682. The molecule has 7 nitrogen and oxygen atoms in total. The van der Waals surface area contributed by atoms with Crippen molar-refractivity contribution in [1.29, 1.82) is 0 Å². The monoisotopic (exact) mass is 286 g/mol. The molecule has 0 aliphatic carbocycles. The standard InChI is InChI=1S/C14H14N4O3/c1-9-5-11(6-10(2)14(9)19)7-16-17-13-4-3-12(8-15-13)18(20)21/h3-8,19H,1-2H3,(H,15,17). The van der Waals surface area contributed by atoms with Gasteiger partial charge in [-0.15, -0.1) is 0 Å². The number of nitrogens with zero attached hydrogens (tertiary/aromatic N) is 3. The molecule has 0 spiro atoms. The number of aryl methyl sites for hydroxylation is 2. The van der Waals surface area contributed by atoms with E-state index < -0.39 is 4.92 Å². The number of aromatic hydroxyl groups is 1. The average molecular weight is 286 g/mol. The van der Waals surface area contributed by atoms with Crippen LogP contribution in [0.25, 0.3) is 0 Å². The minimum atomic E-state index is -0.512. The van der Waals surface area contributed by atoms with E-state index in [1.54, 1.807) is 18.3 Å². The summed E-state index contributed by atoms with van der Waals surface area (Å²) in [7, 11) is 0. The predicted molar refractivity (Wildman–Crippen MR) is 79.7 cm³/mol. The van der Waals surface area contributed by atoms with Gasteiger partial charge in [-0.25, -0.2) is 4.98 Å². The lowest BCUT2D eigenvalue weighted by molar-refractivity contribution is -0.385. The summed E-state index contributed by atoms with van der Waals surface area (Å²) < 4.78 is 0. The maximum Gasteiger partial charge on any atom is 0.287 e. The lowest BCUT2D eigenvalue weighted by atomic mass is 10.1. The molecule has 1 heterocycles. The van der Waals surface area contributed by atoms with E-state index in [0.717, 1.165) is 22.9 Å². The number of benzene rings is 1. The molecule has 0 fully saturated rings. The fraction of sp³-hybridized carbons (Fsp3) is 0.143. The number of rotatable bonds is 4. The van der Waals surface area contributed by atoms with Crippen LogP contribution in [0.15, 0.2) is 35.6 Å². The minimum Gasteiger partial charge on any atom is -0.507 e. The van der Waals surface area contributed by atoms with Gasteiger partial charge in [0, 0.05) is 6.07 Å². The van der Waals surface area contributed by atoms with Crippen molar-refractivity contribution < 1.29 is 10.0 Å². The molecule has 0 saturated heterocycles. The summed E-state index contributed by atoms with van der Waals surface area (Å²) in [6, 6.07) is 6.43. The van der Waals surface area contributed by atoms with Crippen molar-refractivity contribution in [2.75, 3.05) is 5.43 Å². The van der Waals surface area contributed by atoms with Crippen molar-refractivity contribution >= 4 is 17.7 Å². The molecule has 2 aromatic rings. The van der Waals surface area contributed by atoms with Crippen LogP contribution in [0.1, 0.15) is 16.7 Å².